The Morgan fingerprint density at radius 3 is 2.78 bits per heavy atom. The van der Waals surface area contributed by atoms with Gasteiger partial charge in [-0.05, 0) is 64.0 Å². The van der Waals surface area contributed by atoms with E-state index in [4.69, 9.17) is 9.72 Å². The van der Waals surface area contributed by atoms with E-state index in [1.54, 1.807) is 16.2 Å². The molecule has 0 aliphatic carbocycles. The number of halogens is 1. The number of carbonyl (C=O) groups excluding carboxylic acids is 2. The summed E-state index contributed by atoms with van der Waals surface area (Å²) in [4.78, 5) is 32.6. The number of ether oxygens (including phenoxy) is 1. The molecule has 1 atom stereocenters. The van der Waals surface area contributed by atoms with Crippen molar-refractivity contribution in [2.75, 3.05) is 11.9 Å². The lowest BCUT2D eigenvalue weighted by atomic mass is 9.98. The average molecular weight is 535 g/mol. The number of thiazole rings is 1. The SMILES string of the molecule is C=CC(=O)Nc1sc2c(c1-c1nc3cc(Br)ccc3s1)CCN(C(=O)OC(C)(C)C)C2C. The summed E-state index contributed by atoms with van der Waals surface area (Å²) in [7, 11) is 0. The van der Waals surface area contributed by atoms with Crippen LogP contribution in [0.25, 0.3) is 20.8 Å². The van der Waals surface area contributed by atoms with Crippen molar-refractivity contribution in [1.29, 1.82) is 0 Å². The van der Waals surface area contributed by atoms with E-state index in [0.717, 1.165) is 40.7 Å². The predicted octanol–water partition coefficient (Wildman–Crippen LogP) is 6.77. The van der Waals surface area contributed by atoms with Crippen LogP contribution in [-0.2, 0) is 16.0 Å². The summed E-state index contributed by atoms with van der Waals surface area (Å²) >= 11 is 6.59. The minimum absolute atomic E-state index is 0.171. The Labute approximate surface area is 203 Å². The molecule has 168 valence electrons. The molecular formula is C23H24BrN3O3S2. The van der Waals surface area contributed by atoms with E-state index < -0.39 is 5.60 Å². The summed E-state index contributed by atoms with van der Waals surface area (Å²) in [6.45, 7) is 11.7. The molecule has 0 spiro atoms. The number of benzene rings is 1. The molecule has 1 aliphatic heterocycles. The fraction of sp³-hybridized carbons (Fsp3) is 0.348. The largest absolute Gasteiger partial charge is 0.444 e. The second-order valence-corrected chi connectivity index (χ2v) is 11.6. The lowest BCUT2D eigenvalue weighted by Gasteiger charge is -2.35. The van der Waals surface area contributed by atoms with Gasteiger partial charge >= 0.3 is 6.09 Å². The van der Waals surface area contributed by atoms with Crippen LogP contribution in [0.3, 0.4) is 0 Å². The first-order valence-electron chi connectivity index (χ1n) is 10.2. The number of anilines is 1. The number of thiophene rings is 1. The molecule has 3 aromatic rings. The van der Waals surface area contributed by atoms with Gasteiger partial charge in [-0.15, -0.1) is 22.7 Å². The van der Waals surface area contributed by atoms with Crippen molar-refractivity contribution in [3.05, 3.63) is 45.8 Å². The number of nitrogens with one attached hydrogen (secondary N) is 1. The summed E-state index contributed by atoms with van der Waals surface area (Å²) in [5, 5.41) is 4.55. The summed E-state index contributed by atoms with van der Waals surface area (Å²) in [5.74, 6) is -0.273. The molecule has 1 unspecified atom stereocenters. The van der Waals surface area contributed by atoms with Crippen LogP contribution in [0, 0.1) is 0 Å². The summed E-state index contributed by atoms with van der Waals surface area (Å²) in [5.41, 5.74) is 2.41. The van der Waals surface area contributed by atoms with Crippen LogP contribution in [0.2, 0.25) is 0 Å². The van der Waals surface area contributed by atoms with E-state index in [1.807, 2.05) is 45.9 Å². The van der Waals surface area contributed by atoms with Crippen LogP contribution in [0.1, 0.15) is 44.2 Å². The third-order valence-electron chi connectivity index (χ3n) is 5.10. The molecule has 0 bridgehead atoms. The molecule has 3 heterocycles. The van der Waals surface area contributed by atoms with E-state index in [2.05, 4.69) is 27.8 Å². The quantitative estimate of drug-likeness (QED) is 0.377. The molecule has 0 saturated carbocycles. The van der Waals surface area contributed by atoms with Crippen molar-refractivity contribution in [2.24, 2.45) is 0 Å². The maximum absolute atomic E-state index is 12.8. The van der Waals surface area contributed by atoms with Gasteiger partial charge in [0.1, 0.15) is 15.6 Å². The smallest absolute Gasteiger partial charge is 0.410 e. The maximum Gasteiger partial charge on any atom is 0.410 e. The average Bonchev–Trinajstić information content (AvgIpc) is 3.27. The Bertz CT molecular complexity index is 1230. The first kappa shape index (κ1) is 22.9. The van der Waals surface area contributed by atoms with Crippen molar-refractivity contribution in [2.45, 2.75) is 45.8 Å². The Morgan fingerprint density at radius 2 is 2.09 bits per heavy atom. The number of hydrogen-bond acceptors (Lipinski definition) is 6. The molecule has 2 aromatic heterocycles. The van der Waals surface area contributed by atoms with Crippen molar-refractivity contribution >= 4 is 65.8 Å². The Kier molecular flexibility index (Phi) is 6.17. The minimum Gasteiger partial charge on any atom is -0.444 e. The van der Waals surface area contributed by atoms with Crippen LogP contribution in [0.15, 0.2) is 35.3 Å². The van der Waals surface area contributed by atoms with E-state index >= 15 is 0 Å². The number of fused-ring (bicyclic) bond motifs is 2. The zero-order valence-corrected chi connectivity index (χ0v) is 21.5. The highest BCUT2D eigenvalue weighted by molar-refractivity contribution is 9.10. The Morgan fingerprint density at radius 1 is 1.34 bits per heavy atom. The van der Waals surface area contributed by atoms with Gasteiger partial charge in [0, 0.05) is 21.5 Å². The predicted molar refractivity (Wildman–Crippen MR) is 135 cm³/mol. The van der Waals surface area contributed by atoms with Gasteiger partial charge in [-0.2, -0.15) is 0 Å². The van der Waals surface area contributed by atoms with Gasteiger partial charge in [0.15, 0.2) is 0 Å². The maximum atomic E-state index is 12.8. The van der Waals surface area contributed by atoms with Crippen molar-refractivity contribution in [3.63, 3.8) is 0 Å². The van der Waals surface area contributed by atoms with Crippen LogP contribution in [-0.4, -0.2) is 34.0 Å². The molecule has 1 aromatic carbocycles. The van der Waals surface area contributed by atoms with E-state index in [1.165, 1.54) is 17.4 Å². The van der Waals surface area contributed by atoms with Gasteiger partial charge in [0.2, 0.25) is 5.91 Å². The second kappa shape index (κ2) is 8.61. The highest BCUT2D eigenvalue weighted by Gasteiger charge is 2.35. The number of carbonyl (C=O) groups is 2. The van der Waals surface area contributed by atoms with Crippen molar-refractivity contribution < 1.29 is 14.3 Å². The molecule has 2 amide bonds. The molecule has 0 radical (unpaired) electrons. The Balaban J connectivity index is 1.79. The van der Waals surface area contributed by atoms with Crippen LogP contribution < -0.4 is 5.32 Å². The van der Waals surface area contributed by atoms with Crippen LogP contribution in [0.4, 0.5) is 9.80 Å². The Hall–Kier alpha value is -2.23. The lowest BCUT2D eigenvalue weighted by Crippen LogP contribution is -2.41. The molecule has 0 fully saturated rings. The highest BCUT2D eigenvalue weighted by atomic mass is 79.9. The normalized spacial score (nSPS) is 16.0. The molecule has 0 saturated heterocycles. The number of amides is 2. The first-order valence-corrected chi connectivity index (χ1v) is 12.6. The zero-order chi connectivity index (χ0) is 23.2. The topological polar surface area (TPSA) is 71.5 Å². The van der Waals surface area contributed by atoms with E-state index in [0.29, 0.717) is 13.0 Å². The lowest BCUT2D eigenvalue weighted by molar-refractivity contribution is -0.111. The fourth-order valence-electron chi connectivity index (χ4n) is 3.69. The molecule has 32 heavy (non-hydrogen) atoms. The molecule has 1 aliphatic rings. The summed E-state index contributed by atoms with van der Waals surface area (Å²) in [6, 6.07) is 5.85. The van der Waals surface area contributed by atoms with Crippen LogP contribution in [0.5, 0.6) is 0 Å². The van der Waals surface area contributed by atoms with E-state index in [9.17, 15) is 9.59 Å². The first-order chi connectivity index (χ1) is 15.1. The number of nitrogens with zero attached hydrogens (tertiary/aromatic N) is 2. The van der Waals surface area contributed by atoms with E-state index in [-0.39, 0.29) is 18.0 Å². The second-order valence-electron chi connectivity index (χ2n) is 8.57. The minimum atomic E-state index is -0.559. The van der Waals surface area contributed by atoms with Gasteiger partial charge in [-0.1, -0.05) is 22.5 Å². The number of aromatic nitrogens is 1. The van der Waals surface area contributed by atoms with Gasteiger partial charge in [-0.25, -0.2) is 9.78 Å². The monoisotopic (exact) mass is 533 g/mol. The zero-order valence-electron chi connectivity index (χ0n) is 18.3. The van der Waals surface area contributed by atoms with Gasteiger partial charge in [-0.3, -0.25) is 4.79 Å². The van der Waals surface area contributed by atoms with Crippen LogP contribution >= 0.6 is 38.6 Å². The molecule has 1 N–H and O–H groups in total. The van der Waals surface area contributed by atoms with Gasteiger partial charge < -0.3 is 15.0 Å². The van der Waals surface area contributed by atoms with Crippen molar-refractivity contribution in [1.82, 2.24) is 9.88 Å². The number of rotatable bonds is 3. The van der Waals surface area contributed by atoms with Gasteiger partial charge in [0.25, 0.3) is 0 Å². The fourth-order valence-corrected chi connectivity index (χ4v) is 6.45. The highest BCUT2D eigenvalue weighted by Crippen LogP contribution is 2.49. The molecule has 4 rings (SSSR count). The molecule has 6 nitrogen and oxygen atoms in total. The summed E-state index contributed by atoms with van der Waals surface area (Å²) in [6.07, 6.45) is 1.59. The molecular weight excluding hydrogens is 510 g/mol. The number of hydrogen-bond donors (Lipinski definition) is 1. The summed E-state index contributed by atoms with van der Waals surface area (Å²) < 4.78 is 7.65. The third-order valence-corrected chi connectivity index (χ3v) is 7.97. The third kappa shape index (κ3) is 4.46. The standard InChI is InChI=1S/C23H24BrN3O3S2/c1-6-17(28)26-21-18(20-25-15-11-13(24)7-8-16(15)31-20)14-9-10-27(12(2)19(14)32-21)22(29)30-23(3,4)5/h6-8,11-12H,1,9-10H2,2-5H3,(H,26,28). The van der Waals surface area contributed by atoms with Gasteiger partial charge in [0.05, 0.1) is 16.3 Å². The molecule has 9 heteroatoms. The van der Waals surface area contributed by atoms with Crippen molar-refractivity contribution in [3.8, 4) is 10.6 Å².